The molecule has 0 saturated heterocycles. The second-order valence-corrected chi connectivity index (χ2v) is 7.52. The van der Waals surface area contributed by atoms with Crippen molar-refractivity contribution in [2.24, 2.45) is 0 Å². The smallest absolute Gasteiger partial charge is 0.175 e. The van der Waals surface area contributed by atoms with Crippen molar-refractivity contribution in [3.05, 3.63) is 87.6 Å². The zero-order chi connectivity index (χ0) is 21.3. The van der Waals surface area contributed by atoms with Crippen LogP contribution in [0.25, 0.3) is 0 Å². The van der Waals surface area contributed by atoms with Crippen LogP contribution in [0.4, 0.5) is 4.39 Å². The maximum atomic E-state index is 13.9. The van der Waals surface area contributed by atoms with Gasteiger partial charge in [0, 0.05) is 18.7 Å². The first-order valence-electron chi connectivity index (χ1n) is 9.75. The van der Waals surface area contributed by atoms with Gasteiger partial charge in [0.1, 0.15) is 18.2 Å². The van der Waals surface area contributed by atoms with Gasteiger partial charge in [0.2, 0.25) is 0 Å². The summed E-state index contributed by atoms with van der Waals surface area (Å²) in [7, 11) is 1.66. The fraction of sp³-hybridized carbons (Fsp3) is 0.250. The molecule has 0 aliphatic carbocycles. The normalized spacial score (nSPS) is 10.3. The first-order chi connectivity index (χ1) is 14.6. The van der Waals surface area contributed by atoms with Crippen LogP contribution in [0.5, 0.6) is 17.2 Å². The summed E-state index contributed by atoms with van der Waals surface area (Å²) in [6.07, 6.45) is 0. The third kappa shape index (κ3) is 7.13. The summed E-state index contributed by atoms with van der Waals surface area (Å²) in [6, 6.07) is 18.5. The molecular weight excluding hydrogens is 485 g/mol. The van der Waals surface area contributed by atoms with Gasteiger partial charge in [0.25, 0.3) is 0 Å². The van der Waals surface area contributed by atoms with Crippen LogP contribution in [-0.2, 0) is 19.7 Å². The van der Waals surface area contributed by atoms with Crippen LogP contribution in [0.15, 0.2) is 65.1 Å². The minimum atomic E-state index is -0.286. The van der Waals surface area contributed by atoms with E-state index >= 15 is 0 Å². The van der Waals surface area contributed by atoms with Crippen molar-refractivity contribution in [2.75, 3.05) is 13.7 Å². The van der Waals surface area contributed by atoms with Gasteiger partial charge < -0.3 is 19.5 Å². The van der Waals surface area contributed by atoms with Crippen molar-refractivity contribution >= 4 is 28.3 Å². The third-order valence-corrected chi connectivity index (χ3v) is 5.11. The highest BCUT2D eigenvalue weighted by molar-refractivity contribution is 9.10. The Bertz CT molecular complexity index is 970. The van der Waals surface area contributed by atoms with E-state index in [1.54, 1.807) is 25.3 Å². The van der Waals surface area contributed by atoms with Gasteiger partial charge in [0.05, 0.1) is 18.2 Å². The average Bonchev–Trinajstić information content (AvgIpc) is 2.75. The van der Waals surface area contributed by atoms with Crippen molar-refractivity contribution < 1.29 is 18.6 Å². The van der Waals surface area contributed by atoms with E-state index in [-0.39, 0.29) is 24.8 Å². The number of methoxy groups -OCH3 is 1. The molecule has 0 aromatic heterocycles. The number of nitrogens with one attached hydrogen (secondary N) is 1. The maximum Gasteiger partial charge on any atom is 0.175 e. The van der Waals surface area contributed by atoms with Crippen LogP contribution in [-0.4, -0.2) is 13.7 Å². The molecule has 0 atom stereocenters. The van der Waals surface area contributed by atoms with Gasteiger partial charge in [-0.3, -0.25) is 0 Å². The molecule has 4 nitrogen and oxygen atoms in total. The molecule has 0 bridgehead atoms. The van der Waals surface area contributed by atoms with Gasteiger partial charge in [-0.15, -0.1) is 12.4 Å². The second kappa shape index (κ2) is 12.5. The Morgan fingerprint density at radius 3 is 2.32 bits per heavy atom. The zero-order valence-electron chi connectivity index (χ0n) is 17.5. The second-order valence-electron chi connectivity index (χ2n) is 6.67. The van der Waals surface area contributed by atoms with Gasteiger partial charge >= 0.3 is 0 Å². The molecule has 0 fully saturated rings. The third-order valence-electron chi connectivity index (χ3n) is 4.52. The number of ether oxygens (including phenoxy) is 3. The molecule has 166 valence electrons. The summed E-state index contributed by atoms with van der Waals surface area (Å²) < 4.78 is 31.5. The molecule has 7 heteroatoms. The highest BCUT2D eigenvalue weighted by atomic mass is 79.9. The summed E-state index contributed by atoms with van der Waals surface area (Å²) in [5, 5.41) is 3.43. The van der Waals surface area contributed by atoms with Gasteiger partial charge in [-0.05, 0) is 64.3 Å². The van der Waals surface area contributed by atoms with Crippen LogP contribution in [0.3, 0.4) is 0 Å². The predicted octanol–water partition coefficient (Wildman–Crippen LogP) is 6.29. The van der Waals surface area contributed by atoms with Gasteiger partial charge in [-0.1, -0.05) is 30.3 Å². The van der Waals surface area contributed by atoms with Crippen molar-refractivity contribution in [2.45, 2.75) is 26.6 Å². The molecule has 0 radical (unpaired) electrons. The fourth-order valence-electron chi connectivity index (χ4n) is 2.99. The van der Waals surface area contributed by atoms with Crippen molar-refractivity contribution in [1.29, 1.82) is 0 Å². The number of rotatable bonds is 10. The zero-order valence-corrected chi connectivity index (χ0v) is 19.9. The Hall–Kier alpha value is -2.28. The lowest BCUT2D eigenvalue weighted by Crippen LogP contribution is -2.13. The minimum absolute atomic E-state index is 0. The fourth-order valence-corrected chi connectivity index (χ4v) is 3.59. The molecule has 0 heterocycles. The van der Waals surface area contributed by atoms with E-state index in [4.69, 9.17) is 14.2 Å². The number of hydrogen-bond acceptors (Lipinski definition) is 4. The van der Waals surface area contributed by atoms with Crippen molar-refractivity contribution in [1.82, 2.24) is 5.32 Å². The van der Waals surface area contributed by atoms with E-state index in [1.165, 1.54) is 11.6 Å². The van der Waals surface area contributed by atoms with Gasteiger partial charge in [-0.2, -0.15) is 0 Å². The standard InChI is InChI=1S/C24H25BrFNO3.ClH/c1-3-29-23-13-18(15-27-14-17-8-10-20(28-2)11-9-17)12-21(25)24(23)30-16-19-6-4-5-7-22(19)26;/h4-13,27H,3,14-16H2,1-2H3;1H. The van der Waals surface area contributed by atoms with Crippen molar-refractivity contribution in [3.63, 3.8) is 0 Å². The largest absolute Gasteiger partial charge is 0.497 e. The van der Waals surface area contributed by atoms with E-state index in [2.05, 4.69) is 21.2 Å². The van der Waals surface area contributed by atoms with E-state index in [0.29, 0.717) is 30.2 Å². The number of hydrogen-bond donors (Lipinski definition) is 1. The Morgan fingerprint density at radius 1 is 0.935 bits per heavy atom. The number of benzene rings is 3. The molecule has 3 aromatic rings. The molecule has 0 aliphatic rings. The maximum absolute atomic E-state index is 13.9. The summed E-state index contributed by atoms with van der Waals surface area (Å²) in [4.78, 5) is 0. The highest BCUT2D eigenvalue weighted by Crippen LogP contribution is 2.37. The molecule has 3 aromatic carbocycles. The first-order valence-corrected chi connectivity index (χ1v) is 10.5. The lowest BCUT2D eigenvalue weighted by atomic mass is 10.1. The van der Waals surface area contributed by atoms with Crippen molar-refractivity contribution in [3.8, 4) is 17.2 Å². The average molecular weight is 511 g/mol. The molecule has 31 heavy (non-hydrogen) atoms. The Labute approximate surface area is 197 Å². The van der Waals surface area contributed by atoms with Crippen LogP contribution < -0.4 is 19.5 Å². The molecule has 0 saturated carbocycles. The molecule has 0 unspecified atom stereocenters. The van der Waals surface area contributed by atoms with E-state index in [0.717, 1.165) is 22.3 Å². The SMILES string of the molecule is CCOc1cc(CNCc2ccc(OC)cc2)cc(Br)c1OCc1ccccc1F.Cl. The summed E-state index contributed by atoms with van der Waals surface area (Å²) in [5.41, 5.74) is 2.72. The Morgan fingerprint density at radius 2 is 1.65 bits per heavy atom. The summed E-state index contributed by atoms with van der Waals surface area (Å²) >= 11 is 3.57. The summed E-state index contributed by atoms with van der Waals surface area (Å²) in [5.74, 6) is 1.75. The minimum Gasteiger partial charge on any atom is -0.497 e. The van der Waals surface area contributed by atoms with Crippen LogP contribution >= 0.6 is 28.3 Å². The molecule has 0 amide bonds. The molecule has 0 spiro atoms. The quantitative estimate of drug-likeness (QED) is 0.348. The number of halogens is 3. The van der Waals surface area contributed by atoms with Crippen LogP contribution in [0, 0.1) is 5.82 Å². The first kappa shape index (κ1) is 25.0. The lowest BCUT2D eigenvalue weighted by molar-refractivity contribution is 0.264. The van der Waals surface area contributed by atoms with Gasteiger partial charge in [0.15, 0.2) is 11.5 Å². The highest BCUT2D eigenvalue weighted by Gasteiger charge is 2.13. The Balaban J connectivity index is 0.00000341. The summed E-state index contributed by atoms with van der Waals surface area (Å²) in [6.45, 7) is 3.95. The van der Waals surface area contributed by atoms with Crippen LogP contribution in [0.1, 0.15) is 23.6 Å². The monoisotopic (exact) mass is 509 g/mol. The van der Waals surface area contributed by atoms with E-state index in [1.807, 2.05) is 43.3 Å². The molecule has 1 N–H and O–H groups in total. The lowest BCUT2D eigenvalue weighted by Gasteiger charge is -2.16. The molecule has 0 aliphatic heterocycles. The molecular formula is C24H26BrClFNO3. The van der Waals surface area contributed by atoms with Gasteiger partial charge in [-0.25, -0.2) is 4.39 Å². The van der Waals surface area contributed by atoms with Crippen LogP contribution in [0.2, 0.25) is 0 Å². The topological polar surface area (TPSA) is 39.7 Å². The Kier molecular flexibility index (Phi) is 10.1. The molecule has 3 rings (SSSR count). The van der Waals surface area contributed by atoms with E-state index < -0.39 is 0 Å². The van der Waals surface area contributed by atoms with E-state index in [9.17, 15) is 4.39 Å². The predicted molar refractivity (Wildman–Crippen MR) is 127 cm³/mol.